The Bertz CT molecular complexity index is 552. The van der Waals surface area contributed by atoms with Gasteiger partial charge in [0, 0.05) is 18.7 Å². The van der Waals surface area contributed by atoms with Gasteiger partial charge in [0.1, 0.15) is 0 Å². The van der Waals surface area contributed by atoms with Gasteiger partial charge in [-0.05, 0) is 50.5 Å². The van der Waals surface area contributed by atoms with E-state index < -0.39 is 6.10 Å². The van der Waals surface area contributed by atoms with Crippen LogP contribution in [0.2, 0.25) is 0 Å². The lowest BCUT2D eigenvalue weighted by atomic mass is 9.95. The molecule has 1 heterocycles. The van der Waals surface area contributed by atoms with Crippen molar-refractivity contribution in [3.63, 3.8) is 0 Å². The molecule has 1 atom stereocenters. The third kappa shape index (κ3) is 2.87. The Hall–Kier alpha value is -1.61. The van der Waals surface area contributed by atoms with Gasteiger partial charge in [-0.1, -0.05) is 18.2 Å². The fourth-order valence-electron chi connectivity index (χ4n) is 2.69. The molecule has 0 aliphatic carbocycles. The van der Waals surface area contributed by atoms with Crippen LogP contribution in [0.1, 0.15) is 41.1 Å². The zero-order valence-electron chi connectivity index (χ0n) is 12.1. The molecule has 0 radical (unpaired) electrons. The van der Waals surface area contributed by atoms with Gasteiger partial charge in [-0.3, -0.25) is 4.68 Å². The van der Waals surface area contributed by atoms with Crippen LogP contribution >= 0.6 is 0 Å². The Labute approximate surface area is 114 Å². The zero-order chi connectivity index (χ0) is 14.0. The first-order chi connectivity index (χ1) is 9.02. The molecule has 3 nitrogen and oxygen atoms in total. The average Bonchev–Trinajstić information content (AvgIpc) is 2.69. The number of nitrogens with zero attached hydrogens (tertiary/aromatic N) is 2. The minimum Gasteiger partial charge on any atom is -0.388 e. The van der Waals surface area contributed by atoms with Crippen LogP contribution in [-0.2, 0) is 13.0 Å². The third-order valence-electron chi connectivity index (χ3n) is 3.56. The van der Waals surface area contributed by atoms with Gasteiger partial charge in [-0.2, -0.15) is 5.10 Å². The number of aliphatic hydroxyl groups excluding tert-OH is 1. The van der Waals surface area contributed by atoms with Crippen molar-refractivity contribution in [2.75, 3.05) is 0 Å². The maximum Gasteiger partial charge on any atom is 0.0850 e. The van der Waals surface area contributed by atoms with Crippen molar-refractivity contribution in [2.45, 2.75) is 46.8 Å². The third-order valence-corrected chi connectivity index (χ3v) is 3.56. The summed E-state index contributed by atoms with van der Waals surface area (Å²) < 4.78 is 1.96. The van der Waals surface area contributed by atoms with Gasteiger partial charge in [-0.25, -0.2) is 0 Å². The Morgan fingerprint density at radius 1 is 1.21 bits per heavy atom. The van der Waals surface area contributed by atoms with Crippen LogP contribution in [0, 0.1) is 20.8 Å². The summed E-state index contributed by atoms with van der Waals surface area (Å²) in [5, 5.41) is 14.9. The van der Waals surface area contributed by atoms with Gasteiger partial charge in [-0.15, -0.1) is 0 Å². The molecular formula is C16H22N2O. The topological polar surface area (TPSA) is 38.0 Å². The van der Waals surface area contributed by atoms with Crippen LogP contribution in [0.4, 0.5) is 0 Å². The fourth-order valence-corrected chi connectivity index (χ4v) is 2.69. The van der Waals surface area contributed by atoms with Crippen molar-refractivity contribution in [1.82, 2.24) is 9.78 Å². The SMILES string of the molecule is CCn1nc(C)cc1CC(O)c1c(C)cccc1C. The average molecular weight is 258 g/mol. The number of hydrogen-bond donors (Lipinski definition) is 1. The van der Waals surface area contributed by atoms with Crippen LogP contribution < -0.4 is 0 Å². The number of aryl methyl sites for hydroxylation is 4. The Morgan fingerprint density at radius 2 is 1.84 bits per heavy atom. The lowest BCUT2D eigenvalue weighted by molar-refractivity contribution is 0.174. The fraction of sp³-hybridized carbons (Fsp3) is 0.438. The molecule has 0 aliphatic rings. The first-order valence-electron chi connectivity index (χ1n) is 6.80. The van der Waals surface area contributed by atoms with Gasteiger partial charge in [0.25, 0.3) is 0 Å². The highest BCUT2D eigenvalue weighted by molar-refractivity contribution is 5.36. The maximum absolute atomic E-state index is 10.5. The van der Waals surface area contributed by atoms with Crippen molar-refractivity contribution in [3.05, 3.63) is 52.3 Å². The van der Waals surface area contributed by atoms with E-state index in [1.165, 1.54) is 0 Å². The summed E-state index contributed by atoms with van der Waals surface area (Å²) in [5.41, 5.74) is 5.43. The normalized spacial score (nSPS) is 12.7. The Balaban J connectivity index is 2.28. The van der Waals surface area contributed by atoms with Crippen LogP contribution in [0.3, 0.4) is 0 Å². The zero-order valence-corrected chi connectivity index (χ0v) is 12.1. The van der Waals surface area contributed by atoms with Gasteiger partial charge in [0.2, 0.25) is 0 Å². The molecule has 19 heavy (non-hydrogen) atoms. The molecule has 2 rings (SSSR count). The van der Waals surface area contributed by atoms with Gasteiger partial charge >= 0.3 is 0 Å². The lowest BCUT2D eigenvalue weighted by Gasteiger charge is -2.17. The molecule has 0 bridgehead atoms. The molecule has 0 amide bonds. The molecule has 1 aromatic heterocycles. The second kappa shape index (κ2) is 5.57. The molecule has 1 aromatic carbocycles. The highest BCUT2D eigenvalue weighted by atomic mass is 16.3. The standard InChI is InChI=1S/C16H22N2O/c1-5-18-14(9-13(4)17-18)10-15(19)16-11(2)7-6-8-12(16)3/h6-9,15,19H,5,10H2,1-4H3. The highest BCUT2D eigenvalue weighted by Crippen LogP contribution is 2.25. The molecular weight excluding hydrogens is 236 g/mol. The predicted molar refractivity (Wildman–Crippen MR) is 77.2 cm³/mol. The van der Waals surface area contributed by atoms with Gasteiger partial charge in [0.15, 0.2) is 0 Å². The minimum atomic E-state index is -0.470. The van der Waals surface area contributed by atoms with Crippen molar-refractivity contribution in [1.29, 1.82) is 0 Å². The molecule has 1 unspecified atom stereocenters. The minimum absolute atomic E-state index is 0.470. The molecule has 0 spiro atoms. The van der Waals surface area contributed by atoms with Crippen LogP contribution in [-0.4, -0.2) is 14.9 Å². The first kappa shape index (κ1) is 13.8. The summed E-state index contributed by atoms with van der Waals surface area (Å²) in [6.45, 7) is 8.99. The summed E-state index contributed by atoms with van der Waals surface area (Å²) in [6, 6.07) is 8.18. The van der Waals surface area contributed by atoms with E-state index in [9.17, 15) is 5.11 Å². The molecule has 0 saturated carbocycles. The van der Waals surface area contributed by atoms with Crippen molar-refractivity contribution in [3.8, 4) is 0 Å². The molecule has 2 aromatic rings. The summed E-state index contributed by atoms with van der Waals surface area (Å²) in [7, 11) is 0. The maximum atomic E-state index is 10.5. The van der Waals surface area contributed by atoms with Gasteiger partial charge in [0.05, 0.1) is 11.8 Å². The number of hydrogen-bond acceptors (Lipinski definition) is 2. The second-order valence-corrected chi connectivity index (χ2v) is 5.12. The molecule has 0 fully saturated rings. The van der Waals surface area contributed by atoms with Crippen molar-refractivity contribution < 1.29 is 5.11 Å². The van der Waals surface area contributed by atoms with Crippen molar-refractivity contribution >= 4 is 0 Å². The van der Waals surface area contributed by atoms with Gasteiger partial charge < -0.3 is 5.11 Å². The highest BCUT2D eigenvalue weighted by Gasteiger charge is 2.16. The lowest BCUT2D eigenvalue weighted by Crippen LogP contribution is -2.10. The monoisotopic (exact) mass is 258 g/mol. The molecule has 102 valence electrons. The second-order valence-electron chi connectivity index (χ2n) is 5.12. The number of aromatic nitrogens is 2. The van der Waals surface area contributed by atoms with Crippen LogP contribution in [0.15, 0.2) is 24.3 Å². The largest absolute Gasteiger partial charge is 0.388 e. The van der Waals surface area contributed by atoms with E-state index in [0.29, 0.717) is 6.42 Å². The summed E-state index contributed by atoms with van der Waals surface area (Å²) in [4.78, 5) is 0. The Kier molecular flexibility index (Phi) is 4.05. The summed E-state index contributed by atoms with van der Waals surface area (Å²) in [5.74, 6) is 0. The number of benzene rings is 1. The molecule has 3 heteroatoms. The smallest absolute Gasteiger partial charge is 0.0850 e. The number of rotatable bonds is 4. The molecule has 1 N–H and O–H groups in total. The van der Waals surface area contributed by atoms with E-state index in [2.05, 4.69) is 18.1 Å². The Morgan fingerprint density at radius 3 is 2.42 bits per heavy atom. The predicted octanol–water partition coefficient (Wildman–Crippen LogP) is 3.10. The van der Waals surface area contributed by atoms with E-state index >= 15 is 0 Å². The molecule has 0 aliphatic heterocycles. The molecule has 0 saturated heterocycles. The van der Waals surface area contributed by atoms with E-state index in [4.69, 9.17) is 0 Å². The van der Waals surface area contributed by atoms with Crippen LogP contribution in [0.25, 0.3) is 0 Å². The quantitative estimate of drug-likeness (QED) is 0.915. The van der Waals surface area contributed by atoms with E-state index in [1.54, 1.807) is 0 Å². The van der Waals surface area contributed by atoms with Crippen LogP contribution in [0.5, 0.6) is 0 Å². The first-order valence-corrected chi connectivity index (χ1v) is 6.80. The summed E-state index contributed by atoms with van der Waals surface area (Å²) >= 11 is 0. The number of aliphatic hydroxyl groups is 1. The van der Waals surface area contributed by atoms with Crippen molar-refractivity contribution in [2.24, 2.45) is 0 Å². The van der Waals surface area contributed by atoms with E-state index in [-0.39, 0.29) is 0 Å². The summed E-state index contributed by atoms with van der Waals surface area (Å²) in [6.07, 6.45) is 0.142. The van der Waals surface area contributed by atoms with E-state index in [0.717, 1.165) is 34.6 Å². The van der Waals surface area contributed by atoms with E-state index in [1.807, 2.05) is 43.7 Å².